The van der Waals surface area contributed by atoms with Gasteiger partial charge in [-0.2, -0.15) is 0 Å². The van der Waals surface area contributed by atoms with Crippen molar-refractivity contribution in [2.24, 2.45) is 0 Å². The van der Waals surface area contributed by atoms with Crippen LogP contribution in [0.25, 0.3) is 0 Å². The summed E-state index contributed by atoms with van der Waals surface area (Å²) in [6.07, 6.45) is -0.520. The van der Waals surface area contributed by atoms with E-state index in [2.05, 4.69) is 0 Å². The molecule has 1 aromatic rings. The molecule has 0 radical (unpaired) electrons. The summed E-state index contributed by atoms with van der Waals surface area (Å²) < 4.78 is 9.88. The van der Waals surface area contributed by atoms with E-state index < -0.39 is 6.29 Å². The highest BCUT2D eigenvalue weighted by molar-refractivity contribution is 5.93. The first kappa shape index (κ1) is 14.6. The van der Waals surface area contributed by atoms with E-state index in [1.807, 2.05) is 39.8 Å². The molecule has 1 unspecified atom stereocenters. The summed E-state index contributed by atoms with van der Waals surface area (Å²) in [5.74, 6) is -0.308. The minimum atomic E-state index is -0.520. The van der Waals surface area contributed by atoms with Crippen molar-refractivity contribution in [2.45, 2.75) is 34.0 Å². The third-order valence-corrected chi connectivity index (χ3v) is 1.86. The first-order chi connectivity index (χ1) is 7.83. The largest absolute Gasteiger partial charge is 0.428 e. The van der Waals surface area contributed by atoms with Crippen LogP contribution >= 0.6 is 0 Å². The summed E-state index contributed by atoms with van der Waals surface area (Å²) in [4.78, 5) is 11.1. The highest BCUT2D eigenvalue weighted by Crippen LogP contribution is 2.30. The Bertz CT molecular complexity index is 321. The molecule has 1 aromatic carbocycles. The van der Waals surface area contributed by atoms with Gasteiger partial charge in [0, 0.05) is 12.7 Å². The van der Waals surface area contributed by atoms with Gasteiger partial charge in [0.15, 0.2) is 0 Å². The van der Waals surface area contributed by atoms with Crippen LogP contribution in [0.1, 0.15) is 49.9 Å². The number of methoxy groups -OCH3 is 1. The summed E-state index contributed by atoms with van der Waals surface area (Å²) in [7, 11) is 1.51. The average Bonchev–Trinajstić information content (AvgIpc) is 2.72. The number of esters is 1. The summed E-state index contributed by atoms with van der Waals surface area (Å²) >= 11 is 0. The molecular weight excluding hydrogens is 204 g/mol. The van der Waals surface area contributed by atoms with Crippen LogP contribution in [-0.2, 0) is 9.47 Å². The smallest absolute Gasteiger partial charge is 0.341 e. The Morgan fingerprint density at radius 3 is 2.25 bits per heavy atom. The number of carbonyl (C=O) groups excluding carboxylic acids is 1. The lowest BCUT2D eigenvalue weighted by Crippen LogP contribution is -1.99. The lowest BCUT2D eigenvalue weighted by atomic mass is 10.1. The predicted octanol–water partition coefficient (Wildman–Crippen LogP) is 3.55. The molecule has 16 heavy (non-hydrogen) atoms. The van der Waals surface area contributed by atoms with Crippen LogP contribution in [0.2, 0.25) is 0 Å². The van der Waals surface area contributed by atoms with Gasteiger partial charge >= 0.3 is 5.97 Å². The number of ether oxygens (including phenoxy) is 2. The topological polar surface area (TPSA) is 35.5 Å². The number of carbonyl (C=O) groups is 1. The van der Waals surface area contributed by atoms with Crippen molar-refractivity contribution in [3.63, 3.8) is 0 Å². The average molecular weight is 224 g/mol. The van der Waals surface area contributed by atoms with E-state index in [0.29, 0.717) is 5.56 Å². The van der Waals surface area contributed by atoms with Gasteiger partial charge in [-0.1, -0.05) is 45.9 Å². The molecule has 3 nitrogen and oxygen atoms in total. The van der Waals surface area contributed by atoms with Gasteiger partial charge in [-0.3, -0.25) is 0 Å². The fraction of sp³-hybridized carbons (Fsp3) is 0.462. The third kappa shape index (κ3) is 3.07. The summed E-state index contributed by atoms with van der Waals surface area (Å²) in [5.41, 5.74) is 1.41. The van der Waals surface area contributed by atoms with Crippen LogP contribution in [0.4, 0.5) is 0 Å². The SMILES string of the molecule is CC.CC.COC1OC(=O)c2ccccc21. The maximum atomic E-state index is 11.1. The number of hydrogen-bond donors (Lipinski definition) is 0. The highest BCUT2D eigenvalue weighted by atomic mass is 16.7. The van der Waals surface area contributed by atoms with Gasteiger partial charge in [0.25, 0.3) is 0 Å². The van der Waals surface area contributed by atoms with E-state index in [-0.39, 0.29) is 5.97 Å². The van der Waals surface area contributed by atoms with Gasteiger partial charge in [-0.05, 0) is 6.07 Å². The standard InChI is InChI=1S/C9H8O3.2C2H6/c1-11-9-7-5-3-2-4-6(7)8(10)12-9;2*1-2/h2-5,9H,1H3;2*1-2H3. The molecular formula is C13H20O3. The molecule has 0 aliphatic carbocycles. The second-order valence-electron chi connectivity index (χ2n) is 2.56. The lowest BCUT2D eigenvalue weighted by Gasteiger charge is -2.06. The quantitative estimate of drug-likeness (QED) is 0.684. The zero-order valence-electron chi connectivity index (χ0n) is 10.6. The van der Waals surface area contributed by atoms with Crippen LogP contribution < -0.4 is 0 Å². The highest BCUT2D eigenvalue weighted by Gasteiger charge is 2.29. The van der Waals surface area contributed by atoms with Gasteiger partial charge < -0.3 is 9.47 Å². The molecule has 0 spiro atoms. The minimum absolute atomic E-state index is 0.308. The number of cyclic esters (lactones) is 1. The Labute approximate surface area is 97.4 Å². The van der Waals surface area contributed by atoms with Crippen LogP contribution in [0.3, 0.4) is 0 Å². The van der Waals surface area contributed by atoms with Gasteiger partial charge in [-0.25, -0.2) is 4.79 Å². The maximum Gasteiger partial charge on any atom is 0.341 e. The van der Waals surface area contributed by atoms with Crippen molar-refractivity contribution in [3.8, 4) is 0 Å². The monoisotopic (exact) mass is 224 g/mol. The molecule has 0 saturated heterocycles. The molecule has 0 N–H and O–H groups in total. The van der Waals surface area contributed by atoms with Crippen LogP contribution in [0.15, 0.2) is 24.3 Å². The molecule has 0 saturated carbocycles. The van der Waals surface area contributed by atoms with Gasteiger partial charge in [0.05, 0.1) is 5.56 Å². The Kier molecular flexibility index (Phi) is 7.21. The number of rotatable bonds is 1. The molecule has 2 rings (SSSR count). The molecule has 0 aromatic heterocycles. The van der Waals surface area contributed by atoms with Crippen molar-refractivity contribution in [2.75, 3.05) is 7.11 Å². The van der Waals surface area contributed by atoms with Crippen molar-refractivity contribution in [1.82, 2.24) is 0 Å². The Hall–Kier alpha value is -1.35. The minimum Gasteiger partial charge on any atom is -0.428 e. The number of hydrogen-bond acceptors (Lipinski definition) is 3. The maximum absolute atomic E-state index is 11.1. The summed E-state index contributed by atoms with van der Waals surface area (Å²) in [6, 6.07) is 7.22. The molecule has 3 heteroatoms. The first-order valence-electron chi connectivity index (χ1n) is 5.65. The van der Waals surface area contributed by atoms with Crippen molar-refractivity contribution in [1.29, 1.82) is 0 Å². The van der Waals surface area contributed by atoms with E-state index in [9.17, 15) is 4.79 Å². The molecule has 1 heterocycles. The van der Waals surface area contributed by atoms with Gasteiger partial charge in [-0.15, -0.1) is 0 Å². The zero-order valence-corrected chi connectivity index (χ0v) is 10.6. The second-order valence-corrected chi connectivity index (χ2v) is 2.56. The van der Waals surface area contributed by atoms with Crippen LogP contribution in [-0.4, -0.2) is 13.1 Å². The van der Waals surface area contributed by atoms with Crippen molar-refractivity contribution < 1.29 is 14.3 Å². The molecule has 1 atom stereocenters. The molecule has 1 aliphatic heterocycles. The van der Waals surface area contributed by atoms with E-state index in [4.69, 9.17) is 9.47 Å². The molecule has 90 valence electrons. The zero-order chi connectivity index (χ0) is 12.6. The van der Waals surface area contributed by atoms with E-state index in [1.165, 1.54) is 7.11 Å². The summed E-state index contributed by atoms with van der Waals surface area (Å²) in [5, 5.41) is 0. The fourth-order valence-electron chi connectivity index (χ4n) is 1.29. The molecule has 1 aliphatic rings. The van der Waals surface area contributed by atoms with E-state index in [1.54, 1.807) is 12.1 Å². The lowest BCUT2D eigenvalue weighted by molar-refractivity contribution is -0.0815. The predicted molar refractivity (Wildman–Crippen MR) is 64.3 cm³/mol. The summed E-state index contributed by atoms with van der Waals surface area (Å²) in [6.45, 7) is 8.00. The Morgan fingerprint density at radius 2 is 1.69 bits per heavy atom. The Balaban J connectivity index is 0.000000509. The number of fused-ring (bicyclic) bond motifs is 1. The van der Waals surface area contributed by atoms with E-state index in [0.717, 1.165) is 5.56 Å². The van der Waals surface area contributed by atoms with Crippen molar-refractivity contribution in [3.05, 3.63) is 35.4 Å². The second kappa shape index (κ2) is 7.88. The first-order valence-corrected chi connectivity index (χ1v) is 5.65. The van der Waals surface area contributed by atoms with Crippen LogP contribution in [0, 0.1) is 0 Å². The fourth-order valence-corrected chi connectivity index (χ4v) is 1.29. The third-order valence-electron chi connectivity index (χ3n) is 1.86. The number of benzene rings is 1. The molecule has 0 fully saturated rings. The van der Waals surface area contributed by atoms with E-state index >= 15 is 0 Å². The molecule has 0 bridgehead atoms. The van der Waals surface area contributed by atoms with Gasteiger partial charge in [0.1, 0.15) is 0 Å². The van der Waals surface area contributed by atoms with Gasteiger partial charge in [0.2, 0.25) is 6.29 Å². The van der Waals surface area contributed by atoms with Crippen LogP contribution in [0.5, 0.6) is 0 Å². The normalized spacial score (nSPS) is 16.1. The molecule has 0 amide bonds. The van der Waals surface area contributed by atoms with Crippen molar-refractivity contribution >= 4 is 5.97 Å². The Morgan fingerprint density at radius 1 is 1.12 bits per heavy atom.